The maximum Gasteiger partial charge on any atom is 0.125 e. The van der Waals surface area contributed by atoms with E-state index in [1.807, 2.05) is 50.9 Å². The molecule has 4 aromatic rings. The number of pyridine rings is 2. The van der Waals surface area contributed by atoms with Crippen molar-refractivity contribution in [1.29, 1.82) is 0 Å². The van der Waals surface area contributed by atoms with E-state index in [0.29, 0.717) is 6.04 Å². The fraction of sp³-hybridized carbons (Fsp3) is 0.444. The molecule has 0 unspecified atom stereocenters. The first-order valence-corrected chi connectivity index (χ1v) is 12.1. The summed E-state index contributed by atoms with van der Waals surface area (Å²) in [7, 11) is 0. The van der Waals surface area contributed by atoms with Gasteiger partial charge in [0.15, 0.2) is 0 Å². The van der Waals surface area contributed by atoms with Crippen LogP contribution in [0.3, 0.4) is 0 Å². The lowest BCUT2D eigenvalue weighted by Crippen LogP contribution is -2.10. The summed E-state index contributed by atoms with van der Waals surface area (Å²) in [6.45, 7) is 8.39. The van der Waals surface area contributed by atoms with E-state index in [9.17, 15) is 0 Å². The zero-order valence-corrected chi connectivity index (χ0v) is 20.2. The maximum absolute atomic E-state index is 4.67. The minimum Gasteiger partial charge on any atom is -0.261 e. The van der Waals surface area contributed by atoms with Crippen LogP contribution in [0.5, 0.6) is 0 Å². The molecule has 0 amide bonds. The van der Waals surface area contributed by atoms with E-state index in [4.69, 9.17) is 0 Å². The fourth-order valence-corrected chi connectivity index (χ4v) is 4.22. The Morgan fingerprint density at radius 2 is 1.67 bits per heavy atom. The zero-order valence-electron chi connectivity index (χ0n) is 20.2. The van der Waals surface area contributed by atoms with E-state index in [1.165, 1.54) is 31.2 Å². The van der Waals surface area contributed by atoms with Crippen LogP contribution < -0.4 is 0 Å². The fourth-order valence-electron chi connectivity index (χ4n) is 4.22. The molecule has 172 valence electrons. The minimum atomic E-state index is 0.468. The quantitative estimate of drug-likeness (QED) is 0.322. The van der Waals surface area contributed by atoms with Gasteiger partial charge in [0.1, 0.15) is 5.82 Å². The Hall–Kier alpha value is -3.15. The molecule has 0 atom stereocenters. The van der Waals surface area contributed by atoms with Gasteiger partial charge in [-0.15, -0.1) is 0 Å². The Balaban J connectivity index is 0.000000214. The van der Waals surface area contributed by atoms with Crippen LogP contribution in [0, 0.1) is 13.8 Å². The van der Waals surface area contributed by atoms with Crippen molar-refractivity contribution in [1.82, 2.24) is 29.7 Å². The van der Waals surface area contributed by atoms with Crippen LogP contribution in [0.25, 0.3) is 22.2 Å². The lowest BCUT2D eigenvalue weighted by Gasteiger charge is -2.17. The Morgan fingerprint density at radius 3 is 2.30 bits per heavy atom. The van der Waals surface area contributed by atoms with Crippen molar-refractivity contribution < 1.29 is 0 Å². The van der Waals surface area contributed by atoms with Crippen molar-refractivity contribution in [3.8, 4) is 11.3 Å². The third kappa shape index (κ3) is 5.62. The van der Waals surface area contributed by atoms with Crippen molar-refractivity contribution in [3.05, 3.63) is 66.3 Å². The van der Waals surface area contributed by atoms with E-state index in [1.54, 1.807) is 0 Å². The molecule has 6 heteroatoms. The second-order valence-electron chi connectivity index (χ2n) is 8.92. The first-order valence-electron chi connectivity index (χ1n) is 12.1. The summed E-state index contributed by atoms with van der Waals surface area (Å²) in [5.74, 6) is 1.64. The Labute approximate surface area is 196 Å². The largest absolute Gasteiger partial charge is 0.261 e. The Bertz CT molecular complexity index is 1170. The molecule has 1 aliphatic rings. The van der Waals surface area contributed by atoms with E-state index >= 15 is 0 Å². The maximum atomic E-state index is 4.67. The number of nitrogens with zero attached hydrogens (tertiary/aromatic N) is 6. The molecular weight excluding hydrogens is 408 g/mol. The van der Waals surface area contributed by atoms with Gasteiger partial charge >= 0.3 is 0 Å². The number of hydrogen-bond donors (Lipinski definition) is 0. The van der Waals surface area contributed by atoms with Gasteiger partial charge in [-0.2, -0.15) is 5.10 Å². The summed E-state index contributed by atoms with van der Waals surface area (Å²) in [4.78, 5) is 17.3. The van der Waals surface area contributed by atoms with Crippen LogP contribution in [0.2, 0.25) is 0 Å². The van der Waals surface area contributed by atoms with Crippen LogP contribution in [-0.4, -0.2) is 29.7 Å². The molecule has 1 aliphatic carbocycles. The standard InChI is InChI=1S/C19H24N4.C8H10N2/c1-4-7-16(8-5-2)23-19-13-21-18(11-15(19)12-22-23)17-9-6-10-20-14(17)3;1-6-9-4-8(5-10-6)7-2-3-7/h6,9-13,16H,4-5,7-8H2,1-3H3;4-5,7H,2-3H2,1H3. The van der Waals surface area contributed by atoms with E-state index in [-0.39, 0.29) is 0 Å². The first-order chi connectivity index (χ1) is 16.1. The topological polar surface area (TPSA) is 69.4 Å². The van der Waals surface area contributed by atoms with Gasteiger partial charge in [0.2, 0.25) is 0 Å². The summed E-state index contributed by atoms with van der Waals surface area (Å²) in [6, 6.07) is 6.61. The molecule has 0 bridgehead atoms. The van der Waals surface area contributed by atoms with Gasteiger partial charge in [0.05, 0.1) is 29.6 Å². The molecule has 0 aliphatic heterocycles. The van der Waals surface area contributed by atoms with Crippen molar-refractivity contribution >= 4 is 10.9 Å². The van der Waals surface area contributed by atoms with Gasteiger partial charge in [-0.05, 0) is 69.2 Å². The highest BCUT2D eigenvalue weighted by Gasteiger charge is 2.23. The predicted octanol–water partition coefficient (Wildman–Crippen LogP) is 6.61. The molecule has 1 fully saturated rings. The van der Waals surface area contributed by atoms with Gasteiger partial charge < -0.3 is 0 Å². The van der Waals surface area contributed by atoms with Crippen molar-refractivity contribution in [2.45, 2.75) is 78.2 Å². The second kappa shape index (κ2) is 10.6. The molecule has 33 heavy (non-hydrogen) atoms. The lowest BCUT2D eigenvalue weighted by molar-refractivity contribution is 0.402. The summed E-state index contributed by atoms with van der Waals surface area (Å²) in [5.41, 5.74) is 5.49. The molecule has 0 saturated heterocycles. The van der Waals surface area contributed by atoms with E-state index in [2.05, 4.69) is 55.7 Å². The zero-order chi connectivity index (χ0) is 23.2. The predicted molar refractivity (Wildman–Crippen MR) is 133 cm³/mol. The lowest BCUT2D eigenvalue weighted by atomic mass is 10.1. The second-order valence-corrected chi connectivity index (χ2v) is 8.92. The third-order valence-electron chi connectivity index (χ3n) is 6.20. The normalized spacial score (nSPS) is 13.2. The van der Waals surface area contributed by atoms with Crippen molar-refractivity contribution in [3.63, 3.8) is 0 Å². The molecule has 6 nitrogen and oxygen atoms in total. The minimum absolute atomic E-state index is 0.468. The highest BCUT2D eigenvalue weighted by atomic mass is 15.3. The number of hydrogen-bond acceptors (Lipinski definition) is 5. The number of fused-ring (bicyclic) bond motifs is 1. The SMILES string of the molecule is CCCC(CCC)n1ncc2cc(-c3cccnc3C)ncc21.Cc1ncc(C2CC2)cn1. The van der Waals surface area contributed by atoms with Crippen molar-refractivity contribution in [2.75, 3.05) is 0 Å². The number of rotatable bonds is 7. The monoisotopic (exact) mass is 442 g/mol. The molecule has 4 heterocycles. The third-order valence-corrected chi connectivity index (χ3v) is 6.20. The van der Waals surface area contributed by atoms with Crippen LogP contribution >= 0.6 is 0 Å². The first kappa shape index (κ1) is 23.0. The van der Waals surface area contributed by atoms with Gasteiger partial charge in [-0.1, -0.05) is 26.7 Å². The summed E-state index contributed by atoms with van der Waals surface area (Å²) >= 11 is 0. The summed E-state index contributed by atoms with van der Waals surface area (Å²) in [5, 5.41) is 5.80. The van der Waals surface area contributed by atoms with Gasteiger partial charge in [-0.25, -0.2) is 9.97 Å². The Morgan fingerprint density at radius 1 is 0.939 bits per heavy atom. The molecular formula is C27H34N6. The van der Waals surface area contributed by atoms with Gasteiger partial charge in [0, 0.05) is 35.2 Å². The molecule has 0 aromatic carbocycles. The summed E-state index contributed by atoms with van der Waals surface area (Å²) in [6.07, 6.45) is 16.9. The van der Waals surface area contributed by atoms with Crippen LogP contribution in [0.15, 0.2) is 49.2 Å². The molecule has 4 aromatic heterocycles. The average Bonchev–Trinajstić information content (AvgIpc) is 3.59. The van der Waals surface area contributed by atoms with E-state index < -0.39 is 0 Å². The smallest absolute Gasteiger partial charge is 0.125 e. The molecule has 5 rings (SSSR count). The molecule has 0 radical (unpaired) electrons. The highest BCUT2D eigenvalue weighted by molar-refractivity contribution is 5.82. The van der Waals surface area contributed by atoms with Crippen LogP contribution in [-0.2, 0) is 0 Å². The summed E-state index contributed by atoms with van der Waals surface area (Å²) < 4.78 is 2.16. The van der Waals surface area contributed by atoms with Crippen LogP contribution in [0.4, 0.5) is 0 Å². The van der Waals surface area contributed by atoms with Gasteiger partial charge in [0.25, 0.3) is 0 Å². The number of aryl methyl sites for hydroxylation is 2. The van der Waals surface area contributed by atoms with E-state index in [0.717, 1.165) is 52.4 Å². The number of aromatic nitrogens is 6. The van der Waals surface area contributed by atoms with Crippen molar-refractivity contribution in [2.24, 2.45) is 0 Å². The van der Waals surface area contributed by atoms with Gasteiger partial charge in [-0.3, -0.25) is 14.6 Å². The molecule has 0 spiro atoms. The highest BCUT2D eigenvalue weighted by Crippen LogP contribution is 2.39. The Kier molecular flexibility index (Phi) is 7.43. The molecule has 0 N–H and O–H groups in total. The molecule has 1 saturated carbocycles. The average molecular weight is 443 g/mol. The van der Waals surface area contributed by atoms with Crippen LogP contribution in [0.1, 0.15) is 81.4 Å².